The normalized spacial score (nSPS) is 11.8. The van der Waals surface area contributed by atoms with E-state index >= 15 is 0 Å². The molecule has 1 heterocycles. The van der Waals surface area contributed by atoms with Gasteiger partial charge in [0.1, 0.15) is 11.5 Å². The highest BCUT2D eigenvalue weighted by Crippen LogP contribution is 2.17. The van der Waals surface area contributed by atoms with Gasteiger partial charge in [0.15, 0.2) is 5.13 Å². The van der Waals surface area contributed by atoms with Gasteiger partial charge in [-0.15, -0.1) is 11.3 Å². The SMILES string of the molecule is CC[C@H](C)NC(=O)c1csc(NC(=O)c2cccc(F)c2)n1. The van der Waals surface area contributed by atoms with E-state index in [1.165, 1.54) is 18.2 Å². The Kier molecular flexibility index (Phi) is 5.21. The lowest BCUT2D eigenvalue weighted by molar-refractivity contribution is 0.0933. The summed E-state index contributed by atoms with van der Waals surface area (Å²) >= 11 is 1.14. The second-order valence-corrected chi connectivity index (χ2v) is 5.64. The second kappa shape index (κ2) is 7.13. The van der Waals surface area contributed by atoms with Crippen LogP contribution in [0.25, 0.3) is 0 Å². The molecule has 0 aliphatic carbocycles. The highest BCUT2D eigenvalue weighted by Gasteiger charge is 2.14. The van der Waals surface area contributed by atoms with Gasteiger partial charge < -0.3 is 5.32 Å². The Morgan fingerprint density at radius 1 is 1.36 bits per heavy atom. The third-order valence-corrected chi connectivity index (χ3v) is 3.79. The van der Waals surface area contributed by atoms with E-state index in [0.717, 1.165) is 23.8 Å². The number of thiazole rings is 1. The maximum atomic E-state index is 13.1. The van der Waals surface area contributed by atoms with Crippen LogP contribution in [0.1, 0.15) is 41.1 Å². The number of hydrogen-bond acceptors (Lipinski definition) is 4. The van der Waals surface area contributed by atoms with Crippen molar-refractivity contribution in [3.05, 3.63) is 46.7 Å². The summed E-state index contributed by atoms with van der Waals surface area (Å²) in [6.45, 7) is 3.87. The summed E-state index contributed by atoms with van der Waals surface area (Å²) in [5.74, 6) is -1.24. The van der Waals surface area contributed by atoms with E-state index in [4.69, 9.17) is 0 Å². The van der Waals surface area contributed by atoms with Crippen LogP contribution in [0.4, 0.5) is 9.52 Å². The Morgan fingerprint density at radius 2 is 2.14 bits per heavy atom. The zero-order valence-electron chi connectivity index (χ0n) is 12.2. The van der Waals surface area contributed by atoms with Gasteiger partial charge in [-0.05, 0) is 31.5 Å². The van der Waals surface area contributed by atoms with Crippen molar-refractivity contribution in [1.82, 2.24) is 10.3 Å². The van der Waals surface area contributed by atoms with Crippen LogP contribution in [0.2, 0.25) is 0 Å². The lowest BCUT2D eigenvalue weighted by Gasteiger charge is -2.09. The van der Waals surface area contributed by atoms with E-state index < -0.39 is 11.7 Å². The first-order valence-corrected chi connectivity index (χ1v) is 7.71. The fourth-order valence-electron chi connectivity index (χ4n) is 1.63. The fourth-order valence-corrected chi connectivity index (χ4v) is 2.32. The van der Waals surface area contributed by atoms with E-state index in [-0.39, 0.29) is 23.2 Å². The third-order valence-electron chi connectivity index (χ3n) is 3.03. The fraction of sp³-hybridized carbons (Fsp3) is 0.267. The number of halogens is 1. The van der Waals surface area contributed by atoms with Gasteiger partial charge >= 0.3 is 0 Å². The Bertz CT molecular complexity index is 687. The van der Waals surface area contributed by atoms with Crippen molar-refractivity contribution in [2.24, 2.45) is 0 Å². The van der Waals surface area contributed by atoms with Crippen molar-refractivity contribution in [1.29, 1.82) is 0 Å². The topological polar surface area (TPSA) is 71.1 Å². The zero-order valence-corrected chi connectivity index (χ0v) is 13.0. The zero-order chi connectivity index (χ0) is 16.1. The van der Waals surface area contributed by atoms with Crippen LogP contribution in [-0.2, 0) is 0 Å². The monoisotopic (exact) mass is 321 g/mol. The number of nitrogens with zero attached hydrogens (tertiary/aromatic N) is 1. The molecule has 0 aliphatic heterocycles. The summed E-state index contributed by atoms with van der Waals surface area (Å²) in [5.41, 5.74) is 0.445. The van der Waals surface area contributed by atoms with Crippen molar-refractivity contribution in [3.63, 3.8) is 0 Å². The average molecular weight is 321 g/mol. The van der Waals surface area contributed by atoms with Crippen molar-refractivity contribution in [2.75, 3.05) is 5.32 Å². The van der Waals surface area contributed by atoms with E-state index in [9.17, 15) is 14.0 Å². The highest BCUT2D eigenvalue weighted by molar-refractivity contribution is 7.14. The molecule has 2 N–H and O–H groups in total. The molecule has 0 aliphatic rings. The van der Waals surface area contributed by atoms with Gasteiger partial charge in [-0.2, -0.15) is 0 Å². The largest absolute Gasteiger partial charge is 0.348 e. The molecular formula is C15H16FN3O2S. The molecule has 1 aromatic heterocycles. The maximum Gasteiger partial charge on any atom is 0.271 e. The smallest absolute Gasteiger partial charge is 0.271 e. The summed E-state index contributed by atoms with van der Waals surface area (Å²) < 4.78 is 13.1. The van der Waals surface area contributed by atoms with Gasteiger partial charge in [0.25, 0.3) is 11.8 Å². The Labute approximate surface area is 131 Å². The number of carbonyl (C=O) groups excluding carboxylic acids is 2. The molecule has 0 unspecified atom stereocenters. The molecule has 7 heteroatoms. The van der Waals surface area contributed by atoms with Crippen molar-refractivity contribution in [2.45, 2.75) is 26.3 Å². The minimum Gasteiger partial charge on any atom is -0.348 e. The molecule has 2 rings (SSSR count). The first-order valence-electron chi connectivity index (χ1n) is 6.83. The maximum absolute atomic E-state index is 13.1. The number of nitrogens with one attached hydrogen (secondary N) is 2. The molecule has 22 heavy (non-hydrogen) atoms. The molecule has 0 spiro atoms. The number of hydrogen-bond donors (Lipinski definition) is 2. The number of anilines is 1. The Balaban J connectivity index is 2.03. The minimum absolute atomic E-state index is 0.0551. The lowest BCUT2D eigenvalue weighted by Crippen LogP contribution is -2.32. The van der Waals surface area contributed by atoms with Crippen LogP contribution in [0.3, 0.4) is 0 Å². The van der Waals surface area contributed by atoms with Crippen LogP contribution in [0, 0.1) is 5.82 Å². The predicted molar refractivity (Wildman–Crippen MR) is 83.7 cm³/mol. The summed E-state index contributed by atoms with van der Waals surface area (Å²) in [4.78, 5) is 27.9. The third kappa shape index (κ3) is 4.11. The van der Waals surface area contributed by atoms with E-state index in [2.05, 4.69) is 15.6 Å². The van der Waals surface area contributed by atoms with Gasteiger partial charge in [-0.25, -0.2) is 9.37 Å². The van der Waals surface area contributed by atoms with Gasteiger partial charge in [0.2, 0.25) is 0 Å². The van der Waals surface area contributed by atoms with Crippen LogP contribution < -0.4 is 10.6 Å². The molecule has 2 aromatic rings. The Hall–Kier alpha value is -2.28. The van der Waals surface area contributed by atoms with E-state index in [1.807, 2.05) is 13.8 Å². The molecule has 0 radical (unpaired) electrons. The highest BCUT2D eigenvalue weighted by atomic mass is 32.1. The molecule has 0 fully saturated rings. The molecule has 0 bridgehead atoms. The quantitative estimate of drug-likeness (QED) is 0.889. The number of rotatable bonds is 5. The standard InChI is InChI=1S/C15H16FN3O2S/c1-3-9(2)17-14(21)12-8-22-15(18-12)19-13(20)10-5-4-6-11(16)7-10/h4-9H,3H2,1-2H3,(H,17,21)(H,18,19,20)/t9-/m0/s1. The van der Waals surface area contributed by atoms with Crippen LogP contribution in [0.5, 0.6) is 0 Å². The summed E-state index contributed by atoms with van der Waals surface area (Å²) in [6, 6.07) is 5.41. The molecule has 0 saturated carbocycles. The van der Waals surface area contributed by atoms with Crippen LogP contribution >= 0.6 is 11.3 Å². The Morgan fingerprint density at radius 3 is 2.82 bits per heavy atom. The molecule has 1 aromatic carbocycles. The van der Waals surface area contributed by atoms with Crippen molar-refractivity contribution in [3.8, 4) is 0 Å². The van der Waals surface area contributed by atoms with Gasteiger partial charge in [0.05, 0.1) is 0 Å². The molecule has 116 valence electrons. The predicted octanol–water partition coefficient (Wildman–Crippen LogP) is 3.06. The first-order chi connectivity index (χ1) is 10.5. The van der Waals surface area contributed by atoms with Gasteiger partial charge in [-0.1, -0.05) is 13.0 Å². The summed E-state index contributed by atoms with van der Waals surface area (Å²) in [6.07, 6.45) is 0.818. The van der Waals surface area contributed by atoms with Gasteiger partial charge in [-0.3, -0.25) is 14.9 Å². The first kappa shape index (κ1) is 16.1. The van der Waals surface area contributed by atoms with Crippen LogP contribution in [0.15, 0.2) is 29.6 Å². The number of carbonyl (C=O) groups is 2. The van der Waals surface area contributed by atoms with Crippen molar-refractivity contribution < 1.29 is 14.0 Å². The van der Waals surface area contributed by atoms with Crippen molar-refractivity contribution >= 4 is 28.3 Å². The molecule has 1 atom stereocenters. The molecule has 5 nitrogen and oxygen atoms in total. The van der Waals surface area contributed by atoms with E-state index in [1.54, 1.807) is 5.38 Å². The summed E-state index contributed by atoms with van der Waals surface area (Å²) in [7, 11) is 0. The number of aromatic nitrogens is 1. The second-order valence-electron chi connectivity index (χ2n) is 4.79. The molecule has 0 saturated heterocycles. The number of amides is 2. The molecular weight excluding hydrogens is 305 g/mol. The lowest BCUT2D eigenvalue weighted by atomic mass is 10.2. The average Bonchev–Trinajstić information content (AvgIpc) is 2.95. The number of benzene rings is 1. The van der Waals surface area contributed by atoms with E-state index in [0.29, 0.717) is 5.13 Å². The van der Waals surface area contributed by atoms with Gasteiger partial charge in [0, 0.05) is 17.0 Å². The molecule has 2 amide bonds. The minimum atomic E-state index is -0.486. The summed E-state index contributed by atoms with van der Waals surface area (Å²) in [5, 5.41) is 7.21. The van der Waals surface area contributed by atoms with Crippen LogP contribution in [-0.4, -0.2) is 22.8 Å².